The second kappa shape index (κ2) is 15.2. The lowest BCUT2D eigenvalue weighted by Gasteiger charge is -2.27. The van der Waals surface area contributed by atoms with Crippen LogP contribution in [0.4, 0.5) is 0 Å². The molecule has 0 radical (unpaired) electrons. The van der Waals surface area contributed by atoms with Crippen molar-refractivity contribution >= 4 is 23.9 Å². The molecule has 1 aromatic rings. The van der Waals surface area contributed by atoms with Gasteiger partial charge in [-0.25, -0.2) is 0 Å². The molecule has 5 atom stereocenters. The van der Waals surface area contributed by atoms with Gasteiger partial charge in [0.15, 0.2) is 11.5 Å². The van der Waals surface area contributed by atoms with Gasteiger partial charge in [0.25, 0.3) is 0 Å². The van der Waals surface area contributed by atoms with Crippen molar-refractivity contribution in [2.75, 3.05) is 0 Å². The van der Waals surface area contributed by atoms with Gasteiger partial charge in [0.2, 0.25) is 0 Å². The van der Waals surface area contributed by atoms with Crippen molar-refractivity contribution in [3.05, 3.63) is 23.8 Å². The summed E-state index contributed by atoms with van der Waals surface area (Å²) < 4.78 is 22.2. The van der Waals surface area contributed by atoms with Crippen molar-refractivity contribution in [2.24, 2.45) is 34.8 Å². The molecule has 1 aromatic carbocycles. The van der Waals surface area contributed by atoms with Gasteiger partial charge in [0.05, 0.1) is 17.3 Å². The van der Waals surface area contributed by atoms with Crippen LogP contribution in [0.5, 0.6) is 11.5 Å². The molecule has 40 heavy (non-hydrogen) atoms. The van der Waals surface area contributed by atoms with Crippen LogP contribution >= 0.6 is 0 Å². The molecule has 0 heterocycles. The van der Waals surface area contributed by atoms with Crippen LogP contribution in [-0.2, 0) is 35.1 Å². The summed E-state index contributed by atoms with van der Waals surface area (Å²) >= 11 is 0. The maximum atomic E-state index is 12.7. The Hall–Kier alpha value is -2.94. The fraction of sp³-hybridized carbons (Fsp3) is 0.677. The summed E-state index contributed by atoms with van der Waals surface area (Å²) in [7, 11) is 0. The first-order valence-corrected chi connectivity index (χ1v) is 14.1. The summed E-state index contributed by atoms with van der Waals surface area (Å²) in [5.41, 5.74) is 6.08. The Morgan fingerprint density at radius 3 is 1.70 bits per heavy atom. The lowest BCUT2D eigenvalue weighted by molar-refractivity contribution is -0.172. The van der Waals surface area contributed by atoms with Crippen LogP contribution in [0.1, 0.15) is 88.1 Å². The molecule has 1 rings (SSSR count). The number of hydrogen-bond acceptors (Lipinski definition) is 9. The number of nitrogens with two attached hydrogens (primary N) is 1. The van der Waals surface area contributed by atoms with Crippen LogP contribution < -0.4 is 15.2 Å². The fourth-order valence-electron chi connectivity index (χ4n) is 3.06. The Balaban J connectivity index is 3.04. The normalized spacial score (nSPS) is 15.6. The van der Waals surface area contributed by atoms with E-state index in [1.165, 1.54) is 6.07 Å². The lowest BCUT2D eigenvalue weighted by Crippen LogP contribution is -2.40. The number of carbonyl (C=O) groups is 4. The molecule has 2 N–H and O–H groups in total. The van der Waals surface area contributed by atoms with Crippen LogP contribution in [-0.4, -0.2) is 42.1 Å². The van der Waals surface area contributed by atoms with Crippen LogP contribution in [0.2, 0.25) is 0 Å². The van der Waals surface area contributed by atoms with Crippen molar-refractivity contribution in [3.63, 3.8) is 0 Å². The molecule has 0 spiro atoms. The first-order valence-electron chi connectivity index (χ1n) is 14.1. The summed E-state index contributed by atoms with van der Waals surface area (Å²) in [5, 5.41) is 0. The fourth-order valence-corrected chi connectivity index (χ4v) is 3.06. The Morgan fingerprint density at radius 2 is 1.23 bits per heavy atom. The van der Waals surface area contributed by atoms with E-state index in [0.717, 1.165) is 0 Å². The van der Waals surface area contributed by atoms with E-state index >= 15 is 0 Å². The number of hydrogen-bond donors (Lipinski definition) is 1. The third-order valence-electron chi connectivity index (χ3n) is 7.62. The van der Waals surface area contributed by atoms with Gasteiger partial charge in [-0.1, -0.05) is 54.5 Å². The van der Waals surface area contributed by atoms with Crippen molar-refractivity contribution in [1.82, 2.24) is 0 Å². The van der Waals surface area contributed by atoms with E-state index in [1.807, 2.05) is 34.6 Å². The maximum absolute atomic E-state index is 12.7. The van der Waals surface area contributed by atoms with E-state index in [4.69, 9.17) is 24.7 Å². The van der Waals surface area contributed by atoms with Gasteiger partial charge in [-0.3, -0.25) is 19.2 Å². The van der Waals surface area contributed by atoms with Gasteiger partial charge >= 0.3 is 23.9 Å². The molecule has 0 bridgehead atoms. The second-order valence-corrected chi connectivity index (χ2v) is 12.0. The highest BCUT2D eigenvalue weighted by Gasteiger charge is 2.31. The molecule has 0 fully saturated rings. The zero-order valence-electron chi connectivity index (χ0n) is 26.0. The summed E-state index contributed by atoms with van der Waals surface area (Å²) in [6, 6.07) is 3.69. The van der Waals surface area contributed by atoms with Crippen molar-refractivity contribution < 1.29 is 38.1 Å². The van der Waals surface area contributed by atoms with Crippen LogP contribution in [0.3, 0.4) is 0 Å². The van der Waals surface area contributed by atoms with E-state index in [0.29, 0.717) is 12.0 Å². The third kappa shape index (κ3) is 10.2. The summed E-state index contributed by atoms with van der Waals surface area (Å²) in [5.74, 6) is -2.40. The summed E-state index contributed by atoms with van der Waals surface area (Å²) in [6.45, 7) is 20.0. The van der Waals surface area contributed by atoms with E-state index < -0.39 is 41.6 Å². The van der Waals surface area contributed by atoms with Gasteiger partial charge in [-0.15, -0.1) is 0 Å². The minimum Gasteiger partial charge on any atom is -0.458 e. The second-order valence-electron chi connectivity index (χ2n) is 12.0. The quantitative estimate of drug-likeness (QED) is 0.238. The molecule has 0 aromatic heterocycles. The zero-order chi connectivity index (χ0) is 30.9. The minimum absolute atomic E-state index is 0.0440. The lowest BCUT2D eigenvalue weighted by atomic mass is 9.90. The topological polar surface area (TPSA) is 131 Å². The largest absolute Gasteiger partial charge is 0.458 e. The predicted molar refractivity (Wildman–Crippen MR) is 153 cm³/mol. The first-order chi connectivity index (χ1) is 18.4. The molecule has 0 amide bonds. The van der Waals surface area contributed by atoms with Gasteiger partial charge in [-0.2, -0.15) is 0 Å². The smallest absolute Gasteiger partial charge is 0.323 e. The molecule has 0 saturated carbocycles. The SMILES string of the molecule is CCC(C)(C)C(=O)O[C@@H](C)[C@H](C)OC(=O)[C@@H](N)Cc1ccc(OC(=O)C(C)C(C)C)c(OC(=O)C(C)C(C)C)c1. The van der Waals surface area contributed by atoms with Crippen molar-refractivity contribution in [2.45, 2.75) is 107 Å². The molecule has 9 heteroatoms. The number of ether oxygens (including phenoxy) is 4. The number of benzene rings is 1. The van der Waals surface area contributed by atoms with Crippen LogP contribution in [0.15, 0.2) is 18.2 Å². The molecule has 9 nitrogen and oxygen atoms in total. The van der Waals surface area contributed by atoms with Gasteiger partial charge in [0, 0.05) is 0 Å². The van der Waals surface area contributed by atoms with Crippen LogP contribution in [0, 0.1) is 29.1 Å². The Bertz CT molecular complexity index is 1030. The average Bonchev–Trinajstić information content (AvgIpc) is 2.88. The summed E-state index contributed by atoms with van der Waals surface area (Å²) in [6.07, 6.45) is -0.691. The highest BCUT2D eigenvalue weighted by Crippen LogP contribution is 2.32. The van der Waals surface area contributed by atoms with Gasteiger partial charge in [0.1, 0.15) is 18.2 Å². The van der Waals surface area contributed by atoms with Crippen LogP contribution in [0.25, 0.3) is 0 Å². The first kappa shape index (κ1) is 35.1. The van der Waals surface area contributed by atoms with E-state index in [-0.39, 0.29) is 47.6 Å². The highest BCUT2D eigenvalue weighted by atomic mass is 16.6. The molecule has 0 aliphatic heterocycles. The molecular formula is C31H49NO8. The molecular weight excluding hydrogens is 514 g/mol. The minimum atomic E-state index is -1.04. The van der Waals surface area contributed by atoms with Gasteiger partial charge in [-0.05, 0) is 70.1 Å². The summed E-state index contributed by atoms with van der Waals surface area (Å²) in [4.78, 5) is 50.4. The molecule has 0 saturated heterocycles. The van der Waals surface area contributed by atoms with Crippen molar-refractivity contribution in [1.29, 1.82) is 0 Å². The maximum Gasteiger partial charge on any atom is 0.323 e. The zero-order valence-corrected chi connectivity index (χ0v) is 26.0. The average molecular weight is 564 g/mol. The molecule has 0 aliphatic carbocycles. The Morgan fingerprint density at radius 1 is 0.750 bits per heavy atom. The van der Waals surface area contributed by atoms with E-state index in [1.54, 1.807) is 53.7 Å². The van der Waals surface area contributed by atoms with Crippen molar-refractivity contribution in [3.8, 4) is 11.5 Å². The number of carbonyl (C=O) groups excluding carboxylic acids is 4. The number of esters is 4. The predicted octanol–water partition coefficient (Wildman–Crippen LogP) is 5.25. The standard InChI is InChI=1S/C31H49NO8/c1-12-31(10,11)30(36)38-22(9)21(8)37-29(35)24(32)15-23-13-14-25(39-27(33)19(6)17(2)3)26(16-23)40-28(34)20(7)18(4)5/h13-14,16-22,24H,12,15,32H2,1-11H3/t19?,20?,21-,22-,24-/m0/s1. The van der Waals surface area contributed by atoms with E-state index in [2.05, 4.69) is 0 Å². The molecule has 226 valence electrons. The monoisotopic (exact) mass is 563 g/mol. The molecule has 0 aliphatic rings. The van der Waals surface area contributed by atoms with E-state index in [9.17, 15) is 19.2 Å². The highest BCUT2D eigenvalue weighted by molar-refractivity contribution is 5.79. The number of rotatable bonds is 14. The Labute approximate surface area is 239 Å². The third-order valence-corrected chi connectivity index (χ3v) is 7.62. The van der Waals surface area contributed by atoms with Gasteiger partial charge < -0.3 is 24.7 Å². The molecule has 2 unspecified atom stereocenters. The Kier molecular flexibility index (Phi) is 13.3.